The van der Waals surface area contributed by atoms with Crippen molar-refractivity contribution in [3.05, 3.63) is 48.0 Å². The number of fused-ring (bicyclic) bond motifs is 1. The third-order valence-electron chi connectivity index (χ3n) is 7.97. The number of benzene rings is 2. The van der Waals surface area contributed by atoms with E-state index in [4.69, 9.17) is 17.2 Å². The molecule has 1 aromatic heterocycles. The van der Waals surface area contributed by atoms with Crippen LogP contribution in [-0.4, -0.2) is 16.0 Å². The van der Waals surface area contributed by atoms with Crippen LogP contribution < -0.4 is 10.6 Å². The van der Waals surface area contributed by atoms with Crippen molar-refractivity contribution < 1.29 is 4.79 Å². The molecule has 0 radical (unpaired) electrons. The lowest BCUT2D eigenvalue weighted by atomic mass is 9.49. The van der Waals surface area contributed by atoms with Gasteiger partial charge in [0.2, 0.25) is 5.91 Å². The highest BCUT2D eigenvalue weighted by Crippen LogP contribution is 2.61. The predicted molar refractivity (Wildman–Crippen MR) is 139 cm³/mol. The van der Waals surface area contributed by atoms with E-state index in [1.807, 2.05) is 24.3 Å². The number of aromatic nitrogens is 1. The molecule has 1 amide bonds. The molecule has 0 saturated heterocycles. The molecule has 1 heterocycles. The first kappa shape index (κ1) is 21.2. The number of hydrogen-bond acceptors (Lipinski definition) is 4. The number of aryl methyl sites for hydroxylation is 1. The molecule has 7 rings (SSSR count). The lowest BCUT2D eigenvalue weighted by Crippen LogP contribution is -2.48. The molecule has 4 aliphatic carbocycles. The smallest absolute Gasteiger partial charge is 0.226 e. The first-order valence-corrected chi connectivity index (χ1v) is 13.2. The number of para-hydroxylation sites is 1. The highest BCUT2D eigenvalue weighted by Gasteiger charge is 2.51. The van der Waals surface area contributed by atoms with Crippen LogP contribution in [0, 0.1) is 30.1 Å². The highest BCUT2D eigenvalue weighted by atomic mass is 32.1. The predicted octanol–water partition coefficient (Wildman–Crippen LogP) is 6.69. The first-order valence-electron chi connectivity index (χ1n) is 12.0. The minimum Gasteiger partial charge on any atom is -0.332 e. The van der Waals surface area contributed by atoms with Crippen LogP contribution in [0.5, 0.6) is 0 Å². The minimum atomic E-state index is 0.0678. The van der Waals surface area contributed by atoms with Gasteiger partial charge in [-0.2, -0.15) is 0 Å². The zero-order chi connectivity index (χ0) is 22.6. The Balaban J connectivity index is 1.10. The van der Waals surface area contributed by atoms with Gasteiger partial charge in [-0.1, -0.05) is 12.1 Å². The summed E-state index contributed by atoms with van der Waals surface area (Å²) in [5.74, 6) is 2.63. The Morgan fingerprint density at radius 1 is 1.09 bits per heavy atom. The number of amides is 1. The zero-order valence-electron chi connectivity index (χ0n) is 18.9. The maximum Gasteiger partial charge on any atom is 0.226 e. The van der Waals surface area contributed by atoms with Gasteiger partial charge in [-0.15, -0.1) is 11.3 Å². The van der Waals surface area contributed by atoms with Crippen LogP contribution in [0.2, 0.25) is 0 Å². The van der Waals surface area contributed by atoms with Crippen molar-refractivity contribution in [2.24, 2.45) is 23.2 Å². The molecule has 33 heavy (non-hydrogen) atoms. The van der Waals surface area contributed by atoms with Gasteiger partial charge in [-0.3, -0.25) is 4.79 Å². The summed E-state index contributed by atoms with van der Waals surface area (Å²) >= 11 is 7.20. The summed E-state index contributed by atoms with van der Waals surface area (Å²) in [6.07, 6.45) is 8.51. The summed E-state index contributed by atoms with van der Waals surface area (Å²) in [5.41, 5.74) is 4.34. The van der Waals surface area contributed by atoms with Crippen molar-refractivity contribution in [3.8, 4) is 10.6 Å². The van der Waals surface area contributed by atoms with Crippen LogP contribution in [0.4, 0.5) is 5.69 Å². The van der Waals surface area contributed by atoms with Gasteiger partial charge in [-0.25, -0.2) is 4.98 Å². The molecule has 4 nitrogen and oxygen atoms in total. The van der Waals surface area contributed by atoms with E-state index in [9.17, 15) is 4.79 Å². The Morgan fingerprint density at radius 3 is 2.45 bits per heavy atom. The van der Waals surface area contributed by atoms with E-state index in [0.717, 1.165) is 45.1 Å². The average Bonchev–Trinajstić information content (AvgIpc) is 3.18. The molecule has 0 unspecified atom stereocenters. The summed E-state index contributed by atoms with van der Waals surface area (Å²) < 4.78 is 1.19. The third-order valence-corrected chi connectivity index (χ3v) is 9.26. The normalized spacial score (nSPS) is 27.6. The van der Waals surface area contributed by atoms with Crippen molar-refractivity contribution in [1.29, 1.82) is 0 Å². The first-order chi connectivity index (χ1) is 15.9. The second-order valence-electron chi connectivity index (χ2n) is 10.6. The molecule has 4 fully saturated rings. The third kappa shape index (κ3) is 4.19. The van der Waals surface area contributed by atoms with Crippen LogP contribution in [0.15, 0.2) is 42.5 Å². The Bertz CT molecular complexity index is 1180. The number of hydrogen-bond donors (Lipinski definition) is 2. The van der Waals surface area contributed by atoms with E-state index in [0.29, 0.717) is 11.5 Å². The topological polar surface area (TPSA) is 54.0 Å². The monoisotopic (exact) mass is 475 g/mol. The van der Waals surface area contributed by atoms with Gasteiger partial charge in [0, 0.05) is 17.7 Å². The van der Waals surface area contributed by atoms with E-state index in [2.05, 4.69) is 35.8 Å². The molecular formula is C27H29N3OS2. The van der Waals surface area contributed by atoms with E-state index >= 15 is 0 Å². The molecule has 170 valence electrons. The Kier molecular flexibility index (Phi) is 5.26. The van der Waals surface area contributed by atoms with Gasteiger partial charge in [0.1, 0.15) is 5.01 Å². The molecule has 2 aromatic carbocycles. The molecule has 3 aromatic rings. The molecule has 0 aliphatic heterocycles. The fourth-order valence-corrected chi connectivity index (χ4v) is 8.29. The van der Waals surface area contributed by atoms with Crippen molar-refractivity contribution in [2.45, 2.75) is 51.9 Å². The molecule has 4 saturated carbocycles. The maximum atomic E-state index is 12.9. The summed E-state index contributed by atoms with van der Waals surface area (Å²) in [5, 5.41) is 7.60. The number of carbonyl (C=O) groups is 1. The quantitative estimate of drug-likeness (QED) is 0.413. The van der Waals surface area contributed by atoms with Crippen LogP contribution in [-0.2, 0) is 4.79 Å². The van der Waals surface area contributed by atoms with E-state index in [1.165, 1.54) is 43.2 Å². The largest absolute Gasteiger partial charge is 0.332 e. The second-order valence-corrected chi connectivity index (χ2v) is 12.1. The number of nitrogens with one attached hydrogen (secondary N) is 2. The summed E-state index contributed by atoms with van der Waals surface area (Å²) in [4.78, 5) is 17.6. The van der Waals surface area contributed by atoms with Crippen molar-refractivity contribution in [1.82, 2.24) is 10.3 Å². The molecule has 4 aliphatic rings. The number of thiocarbonyl (C=S) groups is 1. The van der Waals surface area contributed by atoms with Crippen molar-refractivity contribution >= 4 is 50.5 Å². The molecule has 0 atom stereocenters. The molecule has 2 N–H and O–H groups in total. The summed E-state index contributed by atoms with van der Waals surface area (Å²) in [6.45, 7) is 2.05. The van der Waals surface area contributed by atoms with Crippen LogP contribution >= 0.6 is 23.6 Å². The number of rotatable bonds is 4. The van der Waals surface area contributed by atoms with Gasteiger partial charge in [-0.05, 0) is 117 Å². The van der Waals surface area contributed by atoms with Crippen LogP contribution in [0.1, 0.15) is 50.5 Å². The Labute approximate surface area is 204 Å². The van der Waals surface area contributed by atoms with Crippen molar-refractivity contribution in [3.63, 3.8) is 0 Å². The van der Waals surface area contributed by atoms with Gasteiger partial charge in [0.05, 0.1) is 10.2 Å². The van der Waals surface area contributed by atoms with E-state index in [-0.39, 0.29) is 11.3 Å². The molecule has 4 bridgehead atoms. The SMILES string of the molecule is Cc1cc(-c2nc3ccccc3s2)ccc1NC(=S)NC(=O)CC12CC3CC(CC(C3)C1)C2. The van der Waals surface area contributed by atoms with Crippen LogP contribution in [0.3, 0.4) is 0 Å². The molecular weight excluding hydrogens is 446 g/mol. The number of thiazole rings is 1. The zero-order valence-corrected chi connectivity index (χ0v) is 20.5. The highest BCUT2D eigenvalue weighted by molar-refractivity contribution is 7.80. The minimum absolute atomic E-state index is 0.0678. The Hall–Kier alpha value is -2.31. The number of carbonyl (C=O) groups excluding carboxylic acids is 1. The standard InChI is InChI=1S/C27H29N3OS2/c1-16-8-20(25-28-22-4-2-3-5-23(22)33-25)6-7-21(16)29-26(32)30-24(31)15-27-12-17-9-18(13-27)11-19(10-17)14-27/h2-8,17-19H,9-15H2,1H3,(H2,29,30,31,32). The number of nitrogens with zero attached hydrogens (tertiary/aromatic N) is 1. The average molecular weight is 476 g/mol. The van der Waals surface area contributed by atoms with E-state index in [1.54, 1.807) is 11.3 Å². The number of anilines is 1. The lowest BCUT2D eigenvalue weighted by molar-refractivity contribution is -0.127. The summed E-state index contributed by atoms with van der Waals surface area (Å²) in [6, 6.07) is 14.4. The second kappa shape index (κ2) is 8.17. The molecule has 0 spiro atoms. The summed E-state index contributed by atoms with van der Waals surface area (Å²) in [7, 11) is 0. The lowest BCUT2D eigenvalue weighted by Gasteiger charge is -2.56. The van der Waals surface area contributed by atoms with Crippen molar-refractivity contribution in [2.75, 3.05) is 5.32 Å². The Morgan fingerprint density at radius 2 is 1.79 bits per heavy atom. The fourth-order valence-electron chi connectivity index (χ4n) is 7.10. The fraction of sp³-hybridized carbons (Fsp3) is 0.444. The van der Waals surface area contributed by atoms with Gasteiger partial charge < -0.3 is 10.6 Å². The van der Waals surface area contributed by atoms with Gasteiger partial charge in [0.25, 0.3) is 0 Å². The van der Waals surface area contributed by atoms with Crippen LogP contribution in [0.25, 0.3) is 20.8 Å². The maximum absolute atomic E-state index is 12.9. The van der Waals surface area contributed by atoms with E-state index < -0.39 is 0 Å². The van der Waals surface area contributed by atoms with Gasteiger partial charge in [0.15, 0.2) is 5.11 Å². The van der Waals surface area contributed by atoms with Gasteiger partial charge >= 0.3 is 0 Å². The molecule has 6 heteroatoms.